The van der Waals surface area contributed by atoms with Crippen LogP contribution in [0, 0.1) is 27.7 Å². The van der Waals surface area contributed by atoms with Gasteiger partial charge in [0.1, 0.15) is 5.82 Å². The number of nitrogens with one attached hydrogen (secondary N) is 1. The molecular formula is C25H35N7. The molecule has 1 aromatic carbocycles. The van der Waals surface area contributed by atoms with Gasteiger partial charge in [0.05, 0.1) is 0 Å². The van der Waals surface area contributed by atoms with Crippen LogP contribution in [0.25, 0.3) is 22.2 Å². The molecule has 4 rings (SSSR count). The van der Waals surface area contributed by atoms with E-state index in [1.807, 2.05) is 6.20 Å². The van der Waals surface area contributed by atoms with Crippen molar-refractivity contribution in [2.24, 2.45) is 0 Å². The number of benzene rings is 1. The molecule has 7 heteroatoms. The summed E-state index contributed by atoms with van der Waals surface area (Å²) >= 11 is 0. The maximum absolute atomic E-state index is 6.42. The van der Waals surface area contributed by atoms with Gasteiger partial charge in [-0.25, -0.2) is 9.97 Å². The lowest BCUT2D eigenvalue weighted by Crippen LogP contribution is -2.44. The number of nitrogen functional groups attached to an aromatic ring is 1. The number of piperazine rings is 1. The number of aromatic nitrogens is 3. The lowest BCUT2D eigenvalue weighted by Gasteiger charge is -2.32. The summed E-state index contributed by atoms with van der Waals surface area (Å²) in [4.78, 5) is 18.7. The van der Waals surface area contributed by atoms with Crippen LogP contribution in [0.15, 0.2) is 18.3 Å². The fourth-order valence-corrected chi connectivity index (χ4v) is 4.46. The third kappa shape index (κ3) is 4.69. The van der Waals surface area contributed by atoms with Crippen molar-refractivity contribution in [3.63, 3.8) is 0 Å². The molecule has 0 aliphatic carbocycles. The zero-order chi connectivity index (χ0) is 22.8. The van der Waals surface area contributed by atoms with Crippen molar-refractivity contribution in [3.8, 4) is 11.1 Å². The van der Waals surface area contributed by atoms with E-state index in [-0.39, 0.29) is 0 Å². The van der Waals surface area contributed by atoms with Crippen LogP contribution in [0.5, 0.6) is 0 Å². The Balaban J connectivity index is 1.48. The fraction of sp³-hybridized carbons (Fsp3) is 0.480. The maximum Gasteiger partial charge on any atom is 0.224 e. The summed E-state index contributed by atoms with van der Waals surface area (Å²) in [6.45, 7) is 15.1. The van der Waals surface area contributed by atoms with Crippen LogP contribution < -0.4 is 11.1 Å². The fourth-order valence-electron chi connectivity index (χ4n) is 4.46. The summed E-state index contributed by atoms with van der Waals surface area (Å²) in [6.07, 6.45) is 2.90. The Hall–Kier alpha value is -2.77. The number of nitrogens with two attached hydrogens (primary N) is 1. The Kier molecular flexibility index (Phi) is 6.58. The first-order valence-corrected chi connectivity index (χ1v) is 11.5. The van der Waals surface area contributed by atoms with E-state index in [9.17, 15) is 0 Å². The molecule has 1 saturated heterocycles. The summed E-state index contributed by atoms with van der Waals surface area (Å²) in [5.41, 5.74) is 14.2. The van der Waals surface area contributed by atoms with Crippen LogP contribution in [0.1, 0.15) is 28.7 Å². The smallest absolute Gasteiger partial charge is 0.224 e. The molecule has 1 aliphatic rings. The minimum atomic E-state index is 0.508. The zero-order valence-electron chi connectivity index (χ0n) is 20.0. The molecule has 0 spiro atoms. The number of anilines is 2. The van der Waals surface area contributed by atoms with Gasteiger partial charge in [0.2, 0.25) is 5.95 Å². The second-order valence-corrected chi connectivity index (χ2v) is 9.09. The Morgan fingerprint density at radius 2 is 1.66 bits per heavy atom. The highest BCUT2D eigenvalue weighted by Gasteiger charge is 2.16. The average molecular weight is 434 g/mol. The van der Waals surface area contributed by atoms with Crippen LogP contribution >= 0.6 is 0 Å². The van der Waals surface area contributed by atoms with Crippen molar-refractivity contribution in [3.05, 3.63) is 40.6 Å². The van der Waals surface area contributed by atoms with E-state index < -0.39 is 0 Å². The van der Waals surface area contributed by atoms with E-state index in [2.05, 4.69) is 76.9 Å². The summed E-state index contributed by atoms with van der Waals surface area (Å²) in [5, 5.41) is 4.24. The number of pyridine rings is 1. The molecule has 0 saturated carbocycles. The van der Waals surface area contributed by atoms with Crippen molar-refractivity contribution < 1.29 is 0 Å². The molecule has 2 aromatic heterocycles. The highest BCUT2D eigenvalue weighted by atomic mass is 15.2. The number of hydrogen-bond donors (Lipinski definition) is 2. The van der Waals surface area contributed by atoms with Gasteiger partial charge >= 0.3 is 0 Å². The van der Waals surface area contributed by atoms with E-state index in [4.69, 9.17) is 5.73 Å². The van der Waals surface area contributed by atoms with Crippen molar-refractivity contribution in [1.29, 1.82) is 0 Å². The highest BCUT2D eigenvalue weighted by molar-refractivity contribution is 5.89. The minimum Gasteiger partial charge on any atom is -0.383 e. The third-order valence-corrected chi connectivity index (χ3v) is 6.76. The van der Waals surface area contributed by atoms with Crippen molar-refractivity contribution in [2.45, 2.75) is 34.1 Å². The first kappa shape index (κ1) is 22.4. The summed E-state index contributed by atoms with van der Waals surface area (Å²) in [7, 11) is 2.18. The number of rotatable bonds is 6. The lowest BCUT2D eigenvalue weighted by atomic mass is 9.89. The van der Waals surface area contributed by atoms with Gasteiger partial charge in [-0.3, -0.25) is 0 Å². The first-order valence-electron chi connectivity index (χ1n) is 11.5. The largest absolute Gasteiger partial charge is 0.383 e. The lowest BCUT2D eigenvalue weighted by molar-refractivity contribution is 0.154. The van der Waals surface area contributed by atoms with Crippen LogP contribution in [0.2, 0.25) is 0 Å². The molecule has 3 N–H and O–H groups in total. The number of hydrogen-bond acceptors (Lipinski definition) is 7. The van der Waals surface area contributed by atoms with E-state index in [0.29, 0.717) is 17.4 Å². The molecule has 7 nitrogen and oxygen atoms in total. The van der Waals surface area contributed by atoms with Crippen molar-refractivity contribution >= 4 is 22.8 Å². The Morgan fingerprint density at radius 3 is 2.34 bits per heavy atom. The first-order chi connectivity index (χ1) is 15.3. The summed E-state index contributed by atoms with van der Waals surface area (Å²) in [5.74, 6) is 1.11. The molecule has 170 valence electrons. The molecule has 0 amide bonds. The number of likely N-dealkylation sites (N-methyl/N-ethyl adjacent to an activating group) is 1. The van der Waals surface area contributed by atoms with E-state index >= 15 is 0 Å². The van der Waals surface area contributed by atoms with Crippen LogP contribution in [0.4, 0.5) is 11.8 Å². The van der Waals surface area contributed by atoms with Crippen LogP contribution in [0.3, 0.4) is 0 Å². The molecule has 3 heterocycles. The number of fused-ring (bicyclic) bond motifs is 1. The quantitative estimate of drug-likeness (QED) is 0.575. The van der Waals surface area contributed by atoms with Crippen LogP contribution in [-0.2, 0) is 0 Å². The van der Waals surface area contributed by atoms with E-state index in [1.165, 1.54) is 27.8 Å². The van der Waals surface area contributed by atoms with Gasteiger partial charge in [-0.05, 0) is 81.6 Å². The van der Waals surface area contributed by atoms with Gasteiger partial charge in [0.25, 0.3) is 0 Å². The standard InChI is InChI=1S/C25H35N7/c1-16-13-17(2)19(4)22(18(16)3)21-14-20-15-28-25(30-24(20)29-23(21)26)27-7-6-8-32-11-9-31(5)10-12-32/h13-15H,6-12H2,1-5H3,(H3,26,27,28,29,30). The highest BCUT2D eigenvalue weighted by Crippen LogP contribution is 2.35. The molecule has 32 heavy (non-hydrogen) atoms. The molecular weight excluding hydrogens is 398 g/mol. The normalized spacial score (nSPS) is 15.4. The maximum atomic E-state index is 6.42. The molecule has 0 atom stereocenters. The van der Waals surface area contributed by atoms with Gasteiger partial charge < -0.3 is 20.9 Å². The summed E-state index contributed by atoms with van der Waals surface area (Å²) < 4.78 is 0. The second-order valence-electron chi connectivity index (χ2n) is 9.09. The Labute approximate surface area is 191 Å². The number of nitrogens with zero attached hydrogens (tertiary/aromatic N) is 5. The zero-order valence-corrected chi connectivity index (χ0v) is 20.0. The molecule has 0 bridgehead atoms. The molecule has 0 unspecified atom stereocenters. The molecule has 3 aromatic rings. The van der Waals surface area contributed by atoms with Crippen LogP contribution in [-0.4, -0.2) is 71.1 Å². The van der Waals surface area contributed by atoms with E-state index in [0.717, 1.165) is 56.6 Å². The van der Waals surface area contributed by atoms with Crippen molar-refractivity contribution in [2.75, 3.05) is 57.4 Å². The van der Waals surface area contributed by atoms with Gasteiger partial charge in [-0.2, -0.15) is 4.98 Å². The monoisotopic (exact) mass is 433 g/mol. The summed E-state index contributed by atoms with van der Waals surface area (Å²) in [6, 6.07) is 4.30. The minimum absolute atomic E-state index is 0.508. The third-order valence-electron chi connectivity index (χ3n) is 6.76. The Bertz CT molecular complexity index is 1090. The topological polar surface area (TPSA) is 83.2 Å². The van der Waals surface area contributed by atoms with Gasteiger partial charge in [0, 0.05) is 49.9 Å². The SMILES string of the molecule is Cc1cc(C)c(C)c(-c2cc3cnc(NCCCN4CCN(C)CC4)nc3nc2N)c1C. The number of aryl methyl sites for hydroxylation is 2. The van der Waals surface area contributed by atoms with Gasteiger partial charge in [-0.1, -0.05) is 6.07 Å². The molecule has 1 fully saturated rings. The van der Waals surface area contributed by atoms with E-state index in [1.54, 1.807) is 0 Å². The average Bonchev–Trinajstić information content (AvgIpc) is 2.77. The van der Waals surface area contributed by atoms with Gasteiger partial charge in [-0.15, -0.1) is 0 Å². The molecule has 1 aliphatic heterocycles. The van der Waals surface area contributed by atoms with Gasteiger partial charge in [0.15, 0.2) is 5.65 Å². The Morgan fingerprint density at radius 1 is 0.969 bits per heavy atom. The predicted molar refractivity (Wildman–Crippen MR) is 133 cm³/mol. The molecule has 0 radical (unpaired) electrons. The predicted octanol–water partition coefficient (Wildman–Crippen LogP) is 3.56. The second kappa shape index (κ2) is 9.38. The van der Waals surface area contributed by atoms with Crippen molar-refractivity contribution in [1.82, 2.24) is 24.8 Å².